The third-order valence-corrected chi connectivity index (χ3v) is 4.86. The molecule has 0 aliphatic heterocycles. The summed E-state index contributed by atoms with van der Waals surface area (Å²) in [4.78, 5) is 22.8. The zero-order valence-electron chi connectivity index (χ0n) is 17.5. The van der Waals surface area contributed by atoms with E-state index < -0.39 is 0 Å². The van der Waals surface area contributed by atoms with Gasteiger partial charge in [0.25, 0.3) is 5.91 Å². The second-order valence-electron chi connectivity index (χ2n) is 8.25. The van der Waals surface area contributed by atoms with E-state index in [1.807, 2.05) is 25.2 Å². The second kappa shape index (κ2) is 8.86. The van der Waals surface area contributed by atoms with E-state index in [1.165, 1.54) is 5.56 Å². The third-order valence-electron chi connectivity index (χ3n) is 4.86. The molecule has 3 rings (SSSR count). The van der Waals surface area contributed by atoms with Crippen molar-refractivity contribution >= 4 is 17.3 Å². The number of nitrogens with one attached hydrogen (secondary N) is 1. The molecular formula is C24H28N4O. The minimum Gasteiger partial charge on any atom is -0.354 e. The van der Waals surface area contributed by atoms with Crippen molar-refractivity contribution in [1.82, 2.24) is 14.9 Å². The Balaban J connectivity index is 1.64. The Morgan fingerprint density at radius 2 is 1.66 bits per heavy atom. The number of benzene rings is 1. The van der Waals surface area contributed by atoms with Crippen LogP contribution in [0.15, 0.2) is 67.3 Å². The molecule has 0 saturated carbocycles. The van der Waals surface area contributed by atoms with Gasteiger partial charge in [-0.05, 0) is 53.3 Å². The number of amides is 1. The van der Waals surface area contributed by atoms with Crippen molar-refractivity contribution in [2.24, 2.45) is 0 Å². The van der Waals surface area contributed by atoms with Crippen LogP contribution >= 0.6 is 0 Å². The van der Waals surface area contributed by atoms with Gasteiger partial charge in [0.1, 0.15) is 0 Å². The first-order valence-electron chi connectivity index (χ1n) is 9.80. The van der Waals surface area contributed by atoms with Crippen LogP contribution in [-0.4, -0.2) is 34.4 Å². The molecule has 3 aromatic rings. The number of aromatic nitrogens is 2. The number of carbonyl (C=O) groups excluding carboxylic acids is 1. The third kappa shape index (κ3) is 5.64. The Labute approximate surface area is 172 Å². The molecule has 0 radical (unpaired) electrons. The zero-order chi connectivity index (χ0) is 20.9. The first kappa shape index (κ1) is 20.5. The van der Waals surface area contributed by atoms with Crippen molar-refractivity contribution in [2.45, 2.75) is 32.6 Å². The van der Waals surface area contributed by atoms with Gasteiger partial charge in [0.05, 0.1) is 17.4 Å². The van der Waals surface area contributed by atoms with E-state index in [-0.39, 0.29) is 11.3 Å². The molecule has 0 fully saturated rings. The maximum absolute atomic E-state index is 12.8. The lowest BCUT2D eigenvalue weighted by Crippen LogP contribution is -2.29. The molecule has 0 bridgehead atoms. The molecule has 2 heterocycles. The van der Waals surface area contributed by atoms with E-state index in [1.54, 1.807) is 29.7 Å². The molecular weight excluding hydrogens is 360 g/mol. The average Bonchev–Trinajstić information content (AvgIpc) is 2.72. The minimum absolute atomic E-state index is 0.0433. The number of hydrogen-bond donors (Lipinski definition) is 1. The van der Waals surface area contributed by atoms with Gasteiger partial charge in [-0.3, -0.25) is 14.8 Å². The predicted molar refractivity (Wildman–Crippen MR) is 118 cm³/mol. The van der Waals surface area contributed by atoms with E-state index in [0.29, 0.717) is 12.1 Å². The van der Waals surface area contributed by atoms with Crippen LogP contribution in [0.1, 0.15) is 42.3 Å². The number of likely N-dealkylation sites (N-methyl/N-ethyl adjacent to an activating group) is 1. The number of anilines is 2. The van der Waals surface area contributed by atoms with Crippen LogP contribution < -0.4 is 5.32 Å². The Bertz CT molecular complexity index is 947. The summed E-state index contributed by atoms with van der Waals surface area (Å²) in [5, 5.41) is 3.33. The van der Waals surface area contributed by atoms with Crippen LogP contribution in [0.2, 0.25) is 0 Å². The van der Waals surface area contributed by atoms with Crippen LogP contribution in [-0.2, 0) is 11.8 Å². The van der Waals surface area contributed by atoms with Gasteiger partial charge in [-0.1, -0.05) is 32.9 Å². The number of carbonyl (C=O) groups is 1. The number of hydrogen-bond acceptors (Lipinski definition) is 4. The lowest BCUT2D eigenvalue weighted by Gasteiger charge is -2.19. The first-order chi connectivity index (χ1) is 13.8. The summed E-state index contributed by atoms with van der Waals surface area (Å²) in [6.45, 7) is 7.22. The topological polar surface area (TPSA) is 58.1 Å². The van der Waals surface area contributed by atoms with Crippen molar-refractivity contribution in [1.29, 1.82) is 0 Å². The summed E-state index contributed by atoms with van der Waals surface area (Å²) in [5.41, 5.74) is 4.89. The van der Waals surface area contributed by atoms with Gasteiger partial charge in [0.15, 0.2) is 0 Å². The molecule has 0 atom stereocenters. The van der Waals surface area contributed by atoms with Crippen molar-refractivity contribution in [3.05, 3.63) is 83.9 Å². The Morgan fingerprint density at radius 1 is 0.966 bits per heavy atom. The van der Waals surface area contributed by atoms with Crippen LogP contribution in [0, 0.1) is 0 Å². The Morgan fingerprint density at radius 3 is 2.31 bits per heavy atom. The zero-order valence-corrected chi connectivity index (χ0v) is 17.5. The van der Waals surface area contributed by atoms with Gasteiger partial charge in [0.2, 0.25) is 0 Å². The molecule has 0 unspecified atom stereocenters. The molecule has 150 valence electrons. The monoisotopic (exact) mass is 388 g/mol. The fourth-order valence-corrected chi connectivity index (χ4v) is 3.01. The smallest absolute Gasteiger partial charge is 0.255 e. The highest BCUT2D eigenvalue weighted by Crippen LogP contribution is 2.25. The predicted octanol–water partition coefficient (Wildman–Crippen LogP) is 4.83. The van der Waals surface area contributed by atoms with Crippen LogP contribution in [0.4, 0.5) is 11.4 Å². The summed E-state index contributed by atoms with van der Waals surface area (Å²) in [5.74, 6) is -0.0433. The molecule has 1 N–H and O–H groups in total. The SMILES string of the molecule is CN(CCc1ccncc1)C(=O)c1cncc(Nc2ccc(C(C)(C)C)cc2)c1. The van der Waals surface area contributed by atoms with Crippen molar-refractivity contribution in [3.63, 3.8) is 0 Å². The molecule has 29 heavy (non-hydrogen) atoms. The molecule has 1 aromatic carbocycles. The maximum Gasteiger partial charge on any atom is 0.255 e. The Kier molecular flexibility index (Phi) is 6.27. The summed E-state index contributed by atoms with van der Waals surface area (Å²) >= 11 is 0. The fourth-order valence-electron chi connectivity index (χ4n) is 3.01. The van der Waals surface area contributed by atoms with Gasteiger partial charge in [-0.15, -0.1) is 0 Å². The fraction of sp³-hybridized carbons (Fsp3) is 0.292. The number of nitrogens with zero attached hydrogens (tertiary/aromatic N) is 3. The highest BCUT2D eigenvalue weighted by molar-refractivity contribution is 5.94. The lowest BCUT2D eigenvalue weighted by atomic mass is 9.87. The molecule has 0 spiro atoms. The van der Waals surface area contributed by atoms with Crippen LogP contribution in [0.5, 0.6) is 0 Å². The number of pyridine rings is 2. The molecule has 5 nitrogen and oxygen atoms in total. The molecule has 5 heteroatoms. The highest BCUT2D eigenvalue weighted by atomic mass is 16.2. The van der Waals surface area contributed by atoms with E-state index >= 15 is 0 Å². The maximum atomic E-state index is 12.8. The average molecular weight is 389 g/mol. The largest absolute Gasteiger partial charge is 0.354 e. The summed E-state index contributed by atoms with van der Waals surface area (Å²) in [7, 11) is 1.81. The first-order valence-corrected chi connectivity index (χ1v) is 9.80. The van der Waals surface area contributed by atoms with Crippen LogP contribution in [0.3, 0.4) is 0 Å². The van der Waals surface area contributed by atoms with E-state index in [9.17, 15) is 4.79 Å². The van der Waals surface area contributed by atoms with Crippen molar-refractivity contribution in [2.75, 3.05) is 18.9 Å². The molecule has 1 amide bonds. The summed E-state index contributed by atoms with van der Waals surface area (Å²) in [6.07, 6.45) is 7.66. The molecule has 0 saturated heterocycles. The Hall–Kier alpha value is -3.21. The second-order valence-corrected chi connectivity index (χ2v) is 8.25. The van der Waals surface area contributed by atoms with Gasteiger partial charge < -0.3 is 10.2 Å². The van der Waals surface area contributed by atoms with Crippen molar-refractivity contribution < 1.29 is 4.79 Å². The molecule has 0 aliphatic carbocycles. The van der Waals surface area contributed by atoms with Gasteiger partial charge in [0, 0.05) is 37.9 Å². The van der Waals surface area contributed by atoms with Crippen LogP contribution in [0.25, 0.3) is 0 Å². The van der Waals surface area contributed by atoms with E-state index in [4.69, 9.17) is 0 Å². The quantitative estimate of drug-likeness (QED) is 0.657. The minimum atomic E-state index is -0.0433. The van der Waals surface area contributed by atoms with E-state index in [2.05, 4.69) is 60.3 Å². The van der Waals surface area contributed by atoms with Gasteiger partial charge in [-0.25, -0.2) is 0 Å². The van der Waals surface area contributed by atoms with Crippen molar-refractivity contribution in [3.8, 4) is 0 Å². The lowest BCUT2D eigenvalue weighted by molar-refractivity contribution is 0.0796. The summed E-state index contributed by atoms with van der Waals surface area (Å²) < 4.78 is 0. The van der Waals surface area contributed by atoms with E-state index in [0.717, 1.165) is 23.4 Å². The molecule has 2 aromatic heterocycles. The molecule has 0 aliphatic rings. The normalized spacial score (nSPS) is 11.2. The van der Waals surface area contributed by atoms with Gasteiger partial charge in [-0.2, -0.15) is 0 Å². The highest BCUT2D eigenvalue weighted by Gasteiger charge is 2.14. The number of rotatable bonds is 6. The van der Waals surface area contributed by atoms with Gasteiger partial charge >= 0.3 is 0 Å². The standard InChI is InChI=1S/C24H28N4O/c1-24(2,3)20-5-7-21(8-6-20)27-22-15-19(16-26-17-22)23(29)28(4)14-11-18-9-12-25-13-10-18/h5-10,12-13,15-17,27H,11,14H2,1-4H3. The summed E-state index contributed by atoms with van der Waals surface area (Å²) in [6, 6.07) is 14.1.